The van der Waals surface area contributed by atoms with Crippen molar-refractivity contribution in [3.8, 4) is 17.1 Å². The minimum Gasteiger partial charge on any atom is -0.335 e. The molecule has 3 heterocycles. The number of rotatable bonds is 4. The first-order valence-electron chi connectivity index (χ1n) is 10.5. The highest BCUT2D eigenvalue weighted by atomic mass is 32.2. The number of benzene rings is 2. The van der Waals surface area contributed by atoms with Crippen molar-refractivity contribution in [1.29, 1.82) is 0 Å². The quantitative estimate of drug-likeness (QED) is 0.424. The van der Waals surface area contributed by atoms with Crippen molar-refractivity contribution in [2.75, 3.05) is 19.3 Å². The fraction of sp³-hybridized carbons (Fsp3) is 0.160. The number of halogens is 1. The average molecular weight is 461 g/mol. The smallest absolute Gasteiger partial charge is 0.254 e. The molecule has 0 aliphatic carbocycles. The third kappa shape index (κ3) is 3.98. The van der Waals surface area contributed by atoms with Gasteiger partial charge in [0.1, 0.15) is 5.82 Å². The van der Waals surface area contributed by atoms with Gasteiger partial charge in [-0.2, -0.15) is 0 Å². The molecule has 2 aromatic carbocycles. The molecule has 1 aliphatic heterocycles. The number of amides is 1. The van der Waals surface area contributed by atoms with Gasteiger partial charge >= 0.3 is 0 Å². The molecule has 1 aliphatic rings. The number of carbonyl (C=O) groups is 1. The van der Waals surface area contributed by atoms with Gasteiger partial charge in [-0.15, -0.1) is 0 Å². The van der Waals surface area contributed by atoms with E-state index in [1.807, 2.05) is 12.1 Å². The maximum atomic E-state index is 14.1. The minimum atomic E-state index is -1.25. The Labute approximate surface area is 192 Å². The Morgan fingerprint density at radius 3 is 2.58 bits per heavy atom. The van der Waals surface area contributed by atoms with E-state index in [0.29, 0.717) is 46.1 Å². The predicted octanol–water partition coefficient (Wildman–Crippen LogP) is 4.37. The molecule has 5 rings (SSSR count). The van der Waals surface area contributed by atoms with Crippen LogP contribution in [-0.2, 0) is 10.8 Å². The van der Waals surface area contributed by atoms with Crippen molar-refractivity contribution in [3.05, 3.63) is 84.6 Å². The van der Waals surface area contributed by atoms with Gasteiger partial charge in [0, 0.05) is 60.0 Å². The van der Waals surface area contributed by atoms with Crippen LogP contribution in [0, 0.1) is 5.82 Å². The third-order valence-electron chi connectivity index (χ3n) is 5.71. The number of hydrogen-bond acceptors (Lipinski definition) is 4. The van der Waals surface area contributed by atoms with Gasteiger partial charge in [-0.3, -0.25) is 13.6 Å². The van der Waals surface area contributed by atoms with Crippen molar-refractivity contribution in [2.24, 2.45) is 0 Å². The zero-order valence-corrected chi connectivity index (χ0v) is 18.8. The maximum absolute atomic E-state index is 14.1. The summed E-state index contributed by atoms with van der Waals surface area (Å²) >= 11 is 0. The molecule has 0 saturated carbocycles. The predicted molar refractivity (Wildman–Crippen MR) is 126 cm³/mol. The molecule has 1 unspecified atom stereocenters. The summed E-state index contributed by atoms with van der Waals surface area (Å²) in [5.41, 5.74) is 2.22. The summed E-state index contributed by atoms with van der Waals surface area (Å²) in [6.07, 6.45) is 11.4. The van der Waals surface area contributed by atoms with Gasteiger partial charge < -0.3 is 4.90 Å². The van der Waals surface area contributed by atoms with E-state index in [0.717, 1.165) is 11.8 Å². The lowest BCUT2D eigenvalue weighted by atomic mass is 10.1. The SMILES string of the molecule is CS(=O)c1cn(-c2ncc(-c3ccccc3F)cn2)c2cc(C(=O)N3CC=CCC3)ccc12. The molecule has 6 nitrogen and oxygen atoms in total. The van der Waals surface area contributed by atoms with Gasteiger partial charge in [-0.25, -0.2) is 14.4 Å². The van der Waals surface area contributed by atoms with Crippen molar-refractivity contribution >= 4 is 27.6 Å². The first-order valence-corrected chi connectivity index (χ1v) is 12.1. The van der Waals surface area contributed by atoms with Crippen LogP contribution in [0.1, 0.15) is 16.8 Å². The highest BCUT2D eigenvalue weighted by Gasteiger charge is 2.20. The third-order valence-corrected chi connectivity index (χ3v) is 6.65. The second-order valence-corrected chi connectivity index (χ2v) is 9.16. The molecule has 0 N–H and O–H groups in total. The van der Waals surface area contributed by atoms with Crippen LogP contribution in [-0.4, -0.2) is 48.9 Å². The first-order chi connectivity index (χ1) is 16.0. The van der Waals surface area contributed by atoms with Crippen molar-refractivity contribution < 1.29 is 13.4 Å². The zero-order chi connectivity index (χ0) is 22.9. The van der Waals surface area contributed by atoms with E-state index in [2.05, 4.69) is 16.0 Å². The Morgan fingerprint density at radius 2 is 1.88 bits per heavy atom. The summed E-state index contributed by atoms with van der Waals surface area (Å²) in [4.78, 5) is 24.3. The van der Waals surface area contributed by atoms with E-state index >= 15 is 0 Å². The molecule has 1 atom stereocenters. The van der Waals surface area contributed by atoms with E-state index in [-0.39, 0.29) is 11.7 Å². The van der Waals surface area contributed by atoms with Crippen LogP contribution >= 0.6 is 0 Å². The standard InChI is InChI=1S/C25H21FN4O2S/c1-33(32)23-16-30(25-27-14-18(15-28-25)19-7-3-4-8-21(19)26)22-13-17(9-10-20(22)23)24(31)29-11-5-2-6-12-29/h2-5,7-10,13-16H,6,11-12H2,1H3. The van der Waals surface area contributed by atoms with Crippen LogP contribution in [0.4, 0.5) is 4.39 Å². The highest BCUT2D eigenvalue weighted by molar-refractivity contribution is 7.84. The van der Waals surface area contributed by atoms with Crippen LogP contribution < -0.4 is 0 Å². The molecule has 0 radical (unpaired) electrons. The Hall–Kier alpha value is -3.65. The monoisotopic (exact) mass is 460 g/mol. The Bertz CT molecular complexity index is 1410. The molecule has 0 bridgehead atoms. The molecule has 33 heavy (non-hydrogen) atoms. The zero-order valence-electron chi connectivity index (χ0n) is 17.9. The van der Waals surface area contributed by atoms with Crippen molar-refractivity contribution in [3.63, 3.8) is 0 Å². The number of aromatic nitrogens is 3. The fourth-order valence-corrected chi connectivity index (χ4v) is 4.75. The van der Waals surface area contributed by atoms with Gasteiger partial charge in [0.25, 0.3) is 5.91 Å². The molecule has 166 valence electrons. The molecule has 4 aromatic rings. The minimum absolute atomic E-state index is 0.0519. The number of hydrogen-bond donors (Lipinski definition) is 0. The molecular weight excluding hydrogens is 439 g/mol. The highest BCUT2D eigenvalue weighted by Crippen LogP contribution is 2.28. The van der Waals surface area contributed by atoms with Gasteiger partial charge in [-0.1, -0.05) is 36.4 Å². The number of nitrogens with zero attached hydrogens (tertiary/aromatic N) is 4. The van der Waals surface area contributed by atoms with Crippen LogP contribution in [0.2, 0.25) is 0 Å². The number of carbonyl (C=O) groups excluding carboxylic acids is 1. The first kappa shape index (κ1) is 21.2. The molecule has 0 spiro atoms. The normalized spacial score (nSPS) is 14.5. The number of fused-ring (bicyclic) bond motifs is 1. The fourth-order valence-electron chi connectivity index (χ4n) is 4.01. The lowest BCUT2D eigenvalue weighted by Crippen LogP contribution is -2.33. The van der Waals surface area contributed by atoms with Gasteiger partial charge in [0.15, 0.2) is 0 Å². The van der Waals surface area contributed by atoms with Gasteiger partial charge in [-0.05, 0) is 24.6 Å². The molecule has 2 aromatic heterocycles. The van der Waals surface area contributed by atoms with E-state index in [4.69, 9.17) is 0 Å². The van der Waals surface area contributed by atoms with Gasteiger partial charge in [0.2, 0.25) is 5.95 Å². The van der Waals surface area contributed by atoms with Crippen molar-refractivity contribution in [2.45, 2.75) is 11.3 Å². The van der Waals surface area contributed by atoms with E-state index in [1.54, 1.807) is 64.6 Å². The van der Waals surface area contributed by atoms with Crippen LogP contribution in [0.25, 0.3) is 28.0 Å². The molecular formula is C25H21FN4O2S. The van der Waals surface area contributed by atoms with Gasteiger partial charge in [0.05, 0.1) is 21.2 Å². The van der Waals surface area contributed by atoms with E-state index < -0.39 is 10.8 Å². The Kier molecular flexibility index (Phi) is 5.60. The lowest BCUT2D eigenvalue weighted by Gasteiger charge is -2.23. The topological polar surface area (TPSA) is 68.1 Å². The average Bonchev–Trinajstić information content (AvgIpc) is 3.24. The molecule has 0 fully saturated rings. The van der Waals surface area contributed by atoms with Crippen LogP contribution in [0.3, 0.4) is 0 Å². The summed E-state index contributed by atoms with van der Waals surface area (Å²) in [7, 11) is -1.25. The molecule has 0 saturated heterocycles. The summed E-state index contributed by atoms with van der Waals surface area (Å²) in [5, 5.41) is 0.771. The Morgan fingerprint density at radius 1 is 1.09 bits per heavy atom. The summed E-state index contributed by atoms with van der Waals surface area (Å²) in [6.45, 7) is 1.27. The van der Waals surface area contributed by atoms with Crippen LogP contribution in [0.5, 0.6) is 0 Å². The molecule has 1 amide bonds. The Balaban J connectivity index is 1.58. The van der Waals surface area contributed by atoms with Crippen LogP contribution in [0.15, 0.2) is 78.1 Å². The summed E-state index contributed by atoms with van der Waals surface area (Å²) in [5.74, 6) is -0.0501. The summed E-state index contributed by atoms with van der Waals surface area (Å²) < 4.78 is 28.2. The van der Waals surface area contributed by atoms with Crippen molar-refractivity contribution in [1.82, 2.24) is 19.4 Å². The molecule has 8 heteroatoms. The largest absolute Gasteiger partial charge is 0.335 e. The van der Waals surface area contributed by atoms with E-state index in [1.165, 1.54) is 6.07 Å². The van der Waals surface area contributed by atoms with E-state index in [9.17, 15) is 13.4 Å². The second kappa shape index (κ2) is 8.71. The summed E-state index contributed by atoms with van der Waals surface area (Å²) in [6, 6.07) is 11.8. The lowest BCUT2D eigenvalue weighted by molar-refractivity contribution is 0.0771. The maximum Gasteiger partial charge on any atom is 0.254 e. The second-order valence-electron chi connectivity index (χ2n) is 7.81.